The van der Waals surface area contributed by atoms with E-state index in [1.165, 1.54) is 0 Å². The van der Waals surface area contributed by atoms with E-state index in [1.54, 1.807) is 11.8 Å². The first-order valence-electron chi connectivity index (χ1n) is 7.04. The van der Waals surface area contributed by atoms with Crippen LogP contribution >= 0.6 is 40.3 Å². The molecule has 0 radical (unpaired) electrons. The Morgan fingerprint density at radius 3 is 2.52 bits per heavy atom. The van der Waals surface area contributed by atoms with Crippen LogP contribution in [0.1, 0.15) is 5.56 Å². The maximum Gasteiger partial charge on any atom is 0.192 e. The van der Waals surface area contributed by atoms with Crippen LogP contribution in [-0.2, 0) is 0 Å². The number of thioether (sulfide) groups is 1. The smallest absolute Gasteiger partial charge is 0.192 e. The second-order valence-electron chi connectivity index (χ2n) is 4.98. The van der Waals surface area contributed by atoms with E-state index < -0.39 is 0 Å². The zero-order valence-corrected chi connectivity index (χ0v) is 15.4. The molecule has 0 amide bonds. The topological polar surface area (TPSA) is 24.8 Å². The molecule has 118 valence electrons. The number of halogens is 2. The van der Waals surface area contributed by atoms with Crippen LogP contribution in [0.25, 0.3) is 5.70 Å². The molecule has 2 aliphatic rings. The number of ether oxygens (including phenoxy) is 1. The third-order valence-corrected chi connectivity index (χ3v) is 4.77. The molecular weight excluding hydrogens is 396 g/mol. The Balaban J connectivity index is 0.00000156. The third-order valence-electron chi connectivity index (χ3n) is 3.52. The van der Waals surface area contributed by atoms with Crippen molar-refractivity contribution in [2.24, 2.45) is 4.99 Å². The Labute approximate surface area is 154 Å². The molecule has 0 saturated heterocycles. The van der Waals surface area contributed by atoms with Gasteiger partial charge in [-0.2, -0.15) is 0 Å². The highest BCUT2D eigenvalue weighted by Gasteiger charge is 2.34. The predicted octanol–water partition coefficient (Wildman–Crippen LogP) is 5.04. The molecule has 0 fully saturated rings. The minimum Gasteiger partial charge on any atom is -0.448 e. The van der Waals surface area contributed by atoms with Crippen molar-refractivity contribution >= 4 is 51.2 Å². The molecule has 0 aromatic heterocycles. The molecule has 2 aliphatic heterocycles. The molecule has 6 heteroatoms. The zero-order valence-electron chi connectivity index (χ0n) is 12.1. The molecule has 0 spiro atoms. The Kier molecular flexibility index (Phi) is 4.99. The highest BCUT2D eigenvalue weighted by Crippen LogP contribution is 2.42. The van der Waals surface area contributed by atoms with Gasteiger partial charge in [0.25, 0.3) is 0 Å². The van der Waals surface area contributed by atoms with E-state index in [-0.39, 0.29) is 17.0 Å². The standard InChI is InChI=1S/C17H13ClN2OS.BrH/c18-13-6-8-14(9-7-13)21-16-15(12-4-2-1-3-5-12)20-11-10-19-17(20)22-16;/h1-9H,10-11H2;1H. The van der Waals surface area contributed by atoms with Crippen molar-refractivity contribution in [3.8, 4) is 5.75 Å². The predicted molar refractivity (Wildman–Crippen MR) is 102 cm³/mol. The van der Waals surface area contributed by atoms with Crippen molar-refractivity contribution in [1.82, 2.24) is 4.90 Å². The van der Waals surface area contributed by atoms with Gasteiger partial charge in [-0.3, -0.25) is 4.99 Å². The monoisotopic (exact) mass is 408 g/mol. The Morgan fingerprint density at radius 1 is 1.04 bits per heavy atom. The summed E-state index contributed by atoms with van der Waals surface area (Å²) in [5.41, 5.74) is 2.24. The van der Waals surface area contributed by atoms with Crippen molar-refractivity contribution in [2.45, 2.75) is 0 Å². The summed E-state index contributed by atoms with van der Waals surface area (Å²) >= 11 is 7.51. The number of hydrogen-bond donors (Lipinski definition) is 0. The summed E-state index contributed by atoms with van der Waals surface area (Å²) in [5, 5.41) is 2.59. The van der Waals surface area contributed by atoms with Crippen LogP contribution in [0, 0.1) is 0 Å². The zero-order chi connectivity index (χ0) is 14.9. The number of rotatable bonds is 3. The fourth-order valence-corrected chi connectivity index (χ4v) is 3.71. The maximum absolute atomic E-state index is 6.10. The van der Waals surface area contributed by atoms with Gasteiger partial charge in [-0.05, 0) is 36.0 Å². The molecule has 0 aliphatic carbocycles. The number of nitrogens with zero attached hydrogens (tertiary/aromatic N) is 2. The molecule has 0 atom stereocenters. The van der Waals surface area contributed by atoms with Crippen LogP contribution in [0.3, 0.4) is 0 Å². The van der Waals surface area contributed by atoms with Gasteiger partial charge in [0.15, 0.2) is 10.3 Å². The normalized spacial score (nSPS) is 16.0. The summed E-state index contributed by atoms with van der Waals surface area (Å²) in [5.74, 6) is 0.780. The molecule has 3 nitrogen and oxygen atoms in total. The van der Waals surface area contributed by atoms with E-state index in [2.05, 4.69) is 22.0 Å². The van der Waals surface area contributed by atoms with Crippen molar-refractivity contribution in [3.05, 3.63) is 70.3 Å². The van der Waals surface area contributed by atoms with Crippen LogP contribution in [-0.4, -0.2) is 23.2 Å². The highest BCUT2D eigenvalue weighted by atomic mass is 79.9. The van der Waals surface area contributed by atoms with Crippen LogP contribution in [0.5, 0.6) is 5.75 Å². The minimum absolute atomic E-state index is 0. The SMILES string of the molecule is Br.Clc1ccc(OC2=C(c3ccccc3)N3CCN=C3S2)cc1. The average Bonchev–Trinajstić information content (AvgIpc) is 3.11. The second kappa shape index (κ2) is 6.99. The van der Waals surface area contributed by atoms with E-state index in [9.17, 15) is 0 Å². The second-order valence-corrected chi connectivity index (χ2v) is 6.35. The molecule has 2 aromatic rings. The van der Waals surface area contributed by atoms with Gasteiger partial charge in [0, 0.05) is 17.1 Å². The molecule has 0 unspecified atom stereocenters. The lowest BCUT2D eigenvalue weighted by Crippen LogP contribution is -2.20. The van der Waals surface area contributed by atoms with Gasteiger partial charge >= 0.3 is 0 Å². The third kappa shape index (κ3) is 3.27. The Hall–Kier alpha value is -1.43. The average molecular weight is 410 g/mol. The molecular formula is C17H14BrClN2OS. The van der Waals surface area contributed by atoms with Crippen molar-refractivity contribution < 1.29 is 4.74 Å². The number of hydrogen-bond acceptors (Lipinski definition) is 4. The van der Waals surface area contributed by atoms with E-state index in [0.29, 0.717) is 5.02 Å². The van der Waals surface area contributed by atoms with Crippen LogP contribution in [0.15, 0.2) is 64.7 Å². The number of benzene rings is 2. The first kappa shape index (κ1) is 16.4. The van der Waals surface area contributed by atoms with Crippen molar-refractivity contribution in [1.29, 1.82) is 0 Å². The lowest BCUT2D eigenvalue weighted by Gasteiger charge is -2.16. The minimum atomic E-state index is 0. The highest BCUT2D eigenvalue weighted by molar-refractivity contribution is 8.93. The molecule has 0 N–H and O–H groups in total. The number of amidine groups is 1. The Bertz CT molecular complexity index is 762. The summed E-state index contributed by atoms with van der Waals surface area (Å²) in [6.07, 6.45) is 0. The lowest BCUT2D eigenvalue weighted by atomic mass is 10.1. The maximum atomic E-state index is 6.10. The summed E-state index contributed by atoms with van der Waals surface area (Å²) in [6, 6.07) is 17.7. The van der Waals surface area contributed by atoms with E-state index in [0.717, 1.165) is 40.4 Å². The van der Waals surface area contributed by atoms with E-state index in [1.807, 2.05) is 42.5 Å². The lowest BCUT2D eigenvalue weighted by molar-refractivity contribution is 0.461. The quantitative estimate of drug-likeness (QED) is 0.710. The first-order valence-corrected chi connectivity index (χ1v) is 8.24. The van der Waals surface area contributed by atoms with Gasteiger partial charge in [-0.25, -0.2) is 0 Å². The van der Waals surface area contributed by atoms with Gasteiger partial charge in [0.05, 0.1) is 6.54 Å². The molecule has 23 heavy (non-hydrogen) atoms. The van der Waals surface area contributed by atoms with E-state index in [4.69, 9.17) is 16.3 Å². The fraction of sp³-hybridized carbons (Fsp3) is 0.118. The number of aliphatic imine (C=N–C) groups is 1. The van der Waals surface area contributed by atoms with Crippen LogP contribution < -0.4 is 4.74 Å². The van der Waals surface area contributed by atoms with Crippen LogP contribution in [0.4, 0.5) is 0 Å². The largest absolute Gasteiger partial charge is 0.448 e. The van der Waals surface area contributed by atoms with Crippen LogP contribution in [0.2, 0.25) is 5.02 Å². The van der Waals surface area contributed by atoms with Gasteiger partial charge in [0.2, 0.25) is 0 Å². The summed E-state index contributed by atoms with van der Waals surface area (Å²) in [6.45, 7) is 1.74. The summed E-state index contributed by atoms with van der Waals surface area (Å²) in [4.78, 5) is 6.77. The van der Waals surface area contributed by atoms with Gasteiger partial charge in [-0.15, -0.1) is 17.0 Å². The van der Waals surface area contributed by atoms with Crippen molar-refractivity contribution in [2.75, 3.05) is 13.1 Å². The molecule has 0 bridgehead atoms. The summed E-state index contributed by atoms with van der Waals surface area (Å²) in [7, 11) is 0. The fourth-order valence-electron chi connectivity index (χ4n) is 2.51. The van der Waals surface area contributed by atoms with Crippen molar-refractivity contribution in [3.63, 3.8) is 0 Å². The molecule has 2 heterocycles. The van der Waals surface area contributed by atoms with Gasteiger partial charge in [0.1, 0.15) is 11.4 Å². The molecule has 4 rings (SSSR count). The first-order chi connectivity index (χ1) is 10.8. The summed E-state index contributed by atoms with van der Waals surface area (Å²) < 4.78 is 6.10. The number of fused-ring (bicyclic) bond motifs is 1. The molecule has 2 aromatic carbocycles. The Morgan fingerprint density at radius 2 is 1.78 bits per heavy atom. The van der Waals surface area contributed by atoms with Gasteiger partial charge in [-0.1, -0.05) is 41.9 Å². The van der Waals surface area contributed by atoms with Gasteiger partial charge < -0.3 is 9.64 Å². The molecule has 0 saturated carbocycles. The van der Waals surface area contributed by atoms with E-state index >= 15 is 0 Å².